The Balaban J connectivity index is 1.61. The van der Waals surface area contributed by atoms with Gasteiger partial charge in [-0.3, -0.25) is 9.80 Å². The quantitative estimate of drug-likeness (QED) is 0.750. The largest absolute Gasteiger partial charge is 0.573 e. The van der Waals surface area contributed by atoms with Crippen LogP contribution in [-0.4, -0.2) is 30.4 Å². The van der Waals surface area contributed by atoms with Gasteiger partial charge in [0.15, 0.2) is 0 Å². The number of carbonyl (C=O) groups is 1. The van der Waals surface area contributed by atoms with Crippen LogP contribution in [0.2, 0.25) is 0 Å². The lowest BCUT2D eigenvalue weighted by molar-refractivity contribution is -0.274. The Hall–Kier alpha value is -2.83. The Labute approximate surface area is 154 Å². The molecule has 1 aliphatic carbocycles. The molecule has 2 aromatic rings. The molecule has 0 fully saturated rings. The van der Waals surface area contributed by atoms with Crippen LogP contribution in [0.3, 0.4) is 0 Å². The molecule has 140 valence electrons. The van der Waals surface area contributed by atoms with Crippen LogP contribution in [0.4, 0.5) is 13.2 Å². The minimum Gasteiger partial charge on any atom is -0.406 e. The van der Waals surface area contributed by atoms with Gasteiger partial charge in [0.2, 0.25) is 0 Å². The lowest BCUT2D eigenvalue weighted by atomic mass is 9.77. The summed E-state index contributed by atoms with van der Waals surface area (Å²) in [7, 11) is 1.87. The Morgan fingerprint density at radius 2 is 1.93 bits per heavy atom. The fourth-order valence-corrected chi connectivity index (χ4v) is 4.03. The van der Waals surface area contributed by atoms with Crippen molar-refractivity contribution in [1.82, 2.24) is 5.01 Å². The second-order valence-corrected chi connectivity index (χ2v) is 6.80. The van der Waals surface area contributed by atoms with Gasteiger partial charge in [-0.15, -0.1) is 13.2 Å². The van der Waals surface area contributed by atoms with E-state index in [4.69, 9.17) is 5.10 Å². The number of aldehydes is 1. The maximum Gasteiger partial charge on any atom is 0.573 e. The molecule has 4 rings (SSSR count). The zero-order valence-corrected chi connectivity index (χ0v) is 14.5. The van der Waals surface area contributed by atoms with E-state index in [1.54, 1.807) is 18.2 Å². The zero-order valence-electron chi connectivity index (χ0n) is 14.5. The molecule has 0 saturated carbocycles. The minimum absolute atomic E-state index is 0.0427. The van der Waals surface area contributed by atoms with Crippen molar-refractivity contribution >= 4 is 12.0 Å². The summed E-state index contributed by atoms with van der Waals surface area (Å²) in [6.45, 7) is 0. The van der Waals surface area contributed by atoms with E-state index in [9.17, 15) is 18.0 Å². The van der Waals surface area contributed by atoms with Gasteiger partial charge >= 0.3 is 6.36 Å². The molecule has 2 unspecified atom stereocenters. The summed E-state index contributed by atoms with van der Waals surface area (Å²) in [6, 6.07) is 11.6. The number of rotatable bonds is 3. The van der Waals surface area contributed by atoms with Crippen molar-refractivity contribution in [3.05, 3.63) is 64.7 Å². The summed E-state index contributed by atoms with van der Waals surface area (Å²) in [5, 5.41) is 6.56. The molecule has 1 aliphatic heterocycles. The minimum atomic E-state index is -4.70. The van der Waals surface area contributed by atoms with E-state index in [0.717, 1.165) is 41.5 Å². The monoisotopic (exact) mass is 374 g/mol. The van der Waals surface area contributed by atoms with Crippen molar-refractivity contribution in [2.75, 3.05) is 7.05 Å². The SMILES string of the molecule is CN1N=C2c3ccc(C=O)cc3CCC2C1c1ccc(OC(F)(F)F)cc1. The van der Waals surface area contributed by atoms with Crippen molar-refractivity contribution in [3.8, 4) is 5.75 Å². The average Bonchev–Trinajstić information content (AvgIpc) is 2.97. The molecule has 2 aromatic carbocycles. The molecule has 0 spiro atoms. The van der Waals surface area contributed by atoms with Gasteiger partial charge in [0.25, 0.3) is 0 Å². The molecular weight excluding hydrogens is 357 g/mol. The standard InChI is InChI=1S/C20H17F3N2O2/c1-25-19(13-3-6-15(7-4-13)27-20(21,22)23)17-9-5-14-10-12(11-26)2-8-16(14)18(17)24-25/h2-4,6-8,10-11,17,19H,5,9H2,1H3. The topological polar surface area (TPSA) is 41.9 Å². The summed E-state index contributed by atoms with van der Waals surface area (Å²) >= 11 is 0. The lowest BCUT2D eigenvalue weighted by Gasteiger charge is -2.29. The third kappa shape index (κ3) is 3.29. The molecule has 0 bridgehead atoms. The Morgan fingerprint density at radius 3 is 2.59 bits per heavy atom. The van der Waals surface area contributed by atoms with E-state index >= 15 is 0 Å². The number of fused-ring (bicyclic) bond motifs is 3. The van der Waals surface area contributed by atoms with Gasteiger partial charge in [-0.05, 0) is 42.2 Å². The Kier molecular flexibility index (Phi) is 4.17. The third-order valence-corrected chi connectivity index (χ3v) is 5.12. The van der Waals surface area contributed by atoms with Gasteiger partial charge in [0.05, 0.1) is 11.8 Å². The molecule has 2 aliphatic rings. The number of halogens is 3. The van der Waals surface area contributed by atoms with Crippen molar-refractivity contribution in [2.24, 2.45) is 11.0 Å². The number of ether oxygens (including phenoxy) is 1. The van der Waals surface area contributed by atoms with Gasteiger partial charge in [-0.1, -0.05) is 24.3 Å². The number of nitrogens with zero attached hydrogens (tertiary/aromatic N) is 2. The molecule has 0 aromatic heterocycles. The van der Waals surface area contributed by atoms with E-state index in [1.807, 2.05) is 24.2 Å². The van der Waals surface area contributed by atoms with Crippen LogP contribution in [0.1, 0.15) is 39.5 Å². The molecule has 0 amide bonds. The average molecular weight is 374 g/mol. The molecule has 0 saturated heterocycles. The normalized spacial score (nSPS) is 21.3. The third-order valence-electron chi connectivity index (χ3n) is 5.12. The van der Waals surface area contributed by atoms with Gasteiger partial charge in [-0.25, -0.2) is 0 Å². The first-order chi connectivity index (χ1) is 12.9. The van der Waals surface area contributed by atoms with Crippen LogP contribution in [0.25, 0.3) is 0 Å². The van der Waals surface area contributed by atoms with Crippen LogP contribution in [-0.2, 0) is 6.42 Å². The first kappa shape index (κ1) is 17.6. The van der Waals surface area contributed by atoms with Crippen molar-refractivity contribution in [2.45, 2.75) is 25.2 Å². The highest BCUT2D eigenvalue weighted by Gasteiger charge is 2.40. The summed E-state index contributed by atoms with van der Waals surface area (Å²) in [5.74, 6) is -0.0811. The van der Waals surface area contributed by atoms with Crippen LogP contribution >= 0.6 is 0 Å². The van der Waals surface area contributed by atoms with E-state index in [0.29, 0.717) is 5.56 Å². The number of alkyl halides is 3. The molecular formula is C20H17F3N2O2. The number of hydrogen-bond acceptors (Lipinski definition) is 4. The highest BCUT2D eigenvalue weighted by Crippen LogP contribution is 2.43. The predicted octanol–water partition coefficient (Wildman–Crippen LogP) is 4.35. The molecule has 27 heavy (non-hydrogen) atoms. The Bertz CT molecular complexity index is 906. The first-order valence-corrected chi connectivity index (χ1v) is 8.61. The van der Waals surface area contributed by atoms with Crippen LogP contribution < -0.4 is 4.74 Å². The summed E-state index contributed by atoms with van der Waals surface area (Å²) in [4.78, 5) is 11.0. The fraction of sp³-hybridized carbons (Fsp3) is 0.300. The number of hydrogen-bond donors (Lipinski definition) is 0. The van der Waals surface area contributed by atoms with Crippen molar-refractivity contribution < 1.29 is 22.7 Å². The second-order valence-electron chi connectivity index (χ2n) is 6.80. The van der Waals surface area contributed by atoms with Gasteiger partial charge < -0.3 is 4.74 Å². The number of benzene rings is 2. The molecule has 2 atom stereocenters. The van der Waals surface area contributed by atoms with Crippen molar-refractivity contribution in [3.63, 3.8) is 0 Å². The highest BCUT2D eigenvalue weighted by molar-refractivity contribution is 6.06. The maximum absolute atomic E-state index is 12.4. The van der Waals surface area contributed by atoms with E-state index in [2.05, 4.69) is 4.74 Å². The van der Waals surface area contributed by atoms with Gasteiger partial charge in [-0.2, -0.15) is 5.10 Å². The molecule has 7 heteroatoms. The van der Waals surface area contributed by atoms with Crippen LogP contribution in [0, 0.1) is 5.92 Å². The summed E-state index contributed by atoms with van der Waals surface area (Å²) in [6.07, 6.45) is -2.16. The smallest absolute Gasteiger partial charge is 0.406 e. The van der Waals surface area contributed by atoms with Gasteiger partial charge in [0.1, 0.15) is 12.0 Å². The number of hydrazone groups is 1. The van der Waals surface area contributed by atoms with Crippen molar-refractivity contribution in [1.29, 1.82) is 0 Å². The number of carbonyl (C=O) groups excluding carboxylic acids is 1. The number of aryl methyl sites for hydroxylation is 1. The highest BCUT2D eigenvalue weighted by atomic mass is 19.4. The summed E-state index contributed by atoms with van der Waals surface area (Å²) < 4.78 is 41.0. The maximum atomic E-state index is 12.4. The fourth-order valence-electron chi connectivity index (χ4n) is 4.03. The molecule has 1 heterocycles. The van der Waals surface area contributed by atoms with E-state index in [-0.39, 0.29) is 17.7 Å². The molecule has 0 radical (unpaired) electrons. The summed E-state index contributed by atoms with van der Waals surface area (Å²) in [5.41, 5.74) is 4.66. The predicted molar refractivity (Wildman–Crippen MR) is 93.8 cm³/mol. The van der Waals surface area contributed by atoms with E-state index in [1.165, 1.54) is 12.1 Å². The van der Waals surface area contributed by atoms with E-state index < -0.39 is 6.36 Å². The lowest BCUT2D eigenvalue weighted by Crippen LogP contribution is -2.27. The van der Waals surface area contributed by atoms with Crippen LogP contribution in [0.15, 0.2) is 47.6 Å². The molecule has 4 nitrogen and oxygen atoms in total. The Morgan fingerprint density at radius 1 is 1.19 bits per heavy atom. The zero-order chi connectivity index (χ0) is 19.2. The first-order valence-electron chi connectivity index (χ1n) is 8.61. The molecule has 0 N–H and O–H groups in total. The van der Waals surface area contributed by atoms with Gasteiger partial charge in [0, 0.05) is 24.1 Å². The van der Waals surface area contributed by atoms with Crippen LogP contribution in [0.5, 0.6) is 5.75 Å². The second kappa shape index (κ2) is 6.40.